The third-order valence-electron chi connectivity index (χ3n) is 6.10. The van der Waals surface area contributed by atoms with Crippen LogP contribution in [0, 0.1) is 0 Å². The zero-order valence-corrected chi connectivity index (χ0v) is 20.2. The highest BCUT2D eigenvalue weighted by molar-refractivity contribution is 7.89. The average molecular weight is 496 g/mol. The van der Waals surface area contributed by atoms with Crippen LogP contribution in [0.2, 0.25) is 10.0 Å². The molecule has 172 valence electrons. The highest BCUT2D eigenvalue weighted by Gasteiger charge is 2.29. The SMILES string of the molecule is O=C(c1ccc(Cl)c(S(=O)(=O)N2CCCCCC2)c1)N1CCN(c2cccc(Cl)c2)CC1. The minimum absolute atomic E-state index is 0.0180. The zero-order valence-electron chi connectivity index (χ0n) is 17.8. The maximum atomic E-state index is 13.2. The second-order valence-electron chi connectivity index (χ2n) is 8.22. The molecule has 2 fully saturated rings. The van der Waals surface area contributed by atoms with Crippen LogP contribution < -0.4 is 4.90 Å². The summed E-state index contributed by atoms with van der Waals surface area (Å²) in [6.45, 7) is 3.42. The van der Waals surface area contributed by atoms with Crippen LogP contribution in [0.1, 0.15) is 36.0 Å². The molecule has 6 nitrogen and oxygen atoms in total. The molecule has 0 aromatic heterocycles. The van der Waals surface area contributed by atoms with E-state index in [1.165, 1.54) is 16.4 Å². The van der Waals surface area contributed by atoms with Crippen molar-refractivity contribution in [1.82, 2.24) is 9.21 Å². The van der Waals surface area contributed by atoms with Crippen LogP contribution >= 0.6 is 23.2 Å². The number of hydrogen-bond acceptors (Lipinski definition) is 4. The first-order chi connectivity index (χ1) is 15.4. The number of rotatable bonds is 4. The molecule has 2 saturated heterocycles. The van der Waals surface area contributed by atoms with Crippen molar-refractivity contribution < 1.29 is 13.2 Å². The van der Waals surface area contributed by atoms with Gasteiger partial charge in [0.15, 0.2) is 0 Å². The van der Waals surface area contributed by atoms with E-state index in [4.69, 9.17) is 23.2 Å². The Hall–Kier alpha value is -1.80. The van der Waals surface area contributed by atoms with E-state index < -0.39 is 10.0 Å². The highest BCUT2D eigenvalue weighted by Crippen LogP contribution is 2.28. The topological polar surface area (TPSA) is 60.9 Å². The highest BCUT2D eigenvalue weighted by atomic mass is 35.5. The van der Waals surface area contributed by atoms with Crippen molar-refractivity contribution in [2.75, 3.05) is 44.2 Å². The van der Waals surface area contributed by atoms with Crippen molar-refractivity contribution in [2.45, 2.75) is 30.6 Å². The zero-order chi connectivity index (χ0) is 22.7. The fourth-order valence-electron chi connectivity index (χ4n) is 4.28. The molecule has 2 heterocycles. The Balaban J connectivity index is 1.49. The van der Waals surface area contributed by atoms with E-state index in [0.717, 1.165) is 31.4 Å². The van der Waals surface area contributed by atoms with Crippen LogP contribution in [-0.4, -0.2) is 62.8 Å². The standard InChI is InChI=1S/C23H27Cl2N3O3S/c24-19-6-5-7-20(17-19)26-12-14-27(15-13-26)23(29)18-8-9-21(25)22(16-18)32(30,31)28-10-3-1-2-4-11-28/h5-9,16-17H,1-4,10-15H2. The Morgan fingerprint density at radius 2 is 1.50 bits per heavy atom. The van der Waals surface area contributed by atoms with Crippen LogP contribution in [0.5, 0.6) is 0 Å². The van der Waals surface area contributed by atoms with Gasteiger partial charge in [0.25, 0.3) is 5.91 Å². The fraction of sp³-hybridized carbons (Fsp3) is 0.435. The van der Waals surface area contributed by atoms with Crippen molar-refractivity contribution in [1.29, 1.82) is 0 Å². The predicted octanol–water partition coefficient (Wildman–Crippen LogP) is 4.52. The second kappa shape index (κ2) is 10.00. The molecule has 2 aliphatic rings. The first-order valence-electron chi connectivity index (χ1n) is 11.0. The van der Waals surface area contributed by atoms with E-state index in [-0.39, 0.29) is 15.8 Å². The van der Waals surface area contributed by atoms with E-state index in [0.29, 0.717) is 49.9 Å². The molecule has 0 bridgehead atoms. The van der Waals surface area contributed by atoms with Gasteiger partial charge in [-0.2, -0.15) is 4.31 Å². The molecule has 2 aromatic rings. The Morgan fingerprint density at radius 1 is 0.812 bits per heavy atom. The summed E-state index contributed by atoms with van der Waals surface area (Å²) < 4.78 is 28.0. The third kappa shape index (κ3) is 5.06. The second-order valence-corrected chi connectivity index (χ2v) is 11.0. The van der Waals surface area contributed by atoms with Crippen molar-refractivity contribution in [3.8, 4) is 0 Å². The van der Waals surface area contributed by atoms with Gasteiger partial charge in [-0.15, -0.1) is 0 Å². The number of anilines is 1. The van der Waals surface area contributed by atoms with Gasteiger partial charge >= 0.3 is 0 Å². The predicted molar refractivity (Wildman–Crippen MR) is 128 cm³/mol. The van der Waals surface area contributed by atoms with Crippen LogP contribution in [0.15, 0.2) is 47.4 Å². The van der Waals surface area contributed by atoms with E-state index >= 15 is 0 Å². The Bertz CT molecular complexity index is 1080. The molecule has 0 radical (unpaired) electrons. The lowest BCUT2D eigenvalue weighted by Crippen LogP contribution is -2.48. The molecular formula is C23H27Cl2N3O3S. The average Bonchev–Trinajstić information content (AvgIpc) is 3.09. The molecular weight excluding hydrogens is 469 g/mol. The molecule has 32 heavy (non-hydrogen) atoms. The first kappa shape index (κ1) is 23.4. The smallest absolute Gasteiger partial charge is 0.254 e. The molecule has 0 spiro atoms. The summed E-state index contributed by atoms with van der Waals surface area (Å²) in [5.41, 5.74) is 1.38. The molecule has 2 aliphatic heterocycles. The van der Waals surface area contributed by atoms with E-state index in [2.05, 4.69) is 4.90 Å². The van der Waals surface area contributed by atoms with Gasteiger partial charge in [-0.3, -0.25) is 4.79 Å². The molecule has 2 aromatic carbocycles. The van der Waals surface area contributed by atoms with Gasteiger partial charge in [-0.05, 0) is 49.2 Å². The van der Waals surface area contributed by atoms with Crippen molar-refractivity contribution in [3.05, 3.63) is 58.1 Å². The third-order valence-corrected chi connectivity index (χ3v) is 8.72. The van der Waals surface area contributed by atoms with Crippen molar-refractivity contribution in [2.24, 2.45) is 0 Å². The summed E-state index contributed by atoms with van der Waals surface area (Å²) >= 11 is 12.4. The molecule has 1 amide bonds. The lowest BCUT2D eigenvalue weighted by atomic mass is 10.1. The van der Waals surface area contributed by atoms with Gasteiger partial charge in [0.2, 0.25) is 10.0 Å². The summed E-state index contributed by atoms with van der Waals surface area (Å²) in [4.78, 5) is 17.1. The lowest BCUT2D eigenvalue weighted by molar-refractivity contribution is 0.0746. The van der Waals surface area contributed by atoms with Gasteiger partial charge in [-0.25, -0.2) is 8.42 Å². The number of carbonyl (C=O) groups excluding carboxylic acids is 1. The number of carbonyl (C=O) groups is 1. The lowest BCUT2D eigenvalue weighted by Gasteiger charge is -2.36. The summed E-state index contributed by atoms with van der Waals surface area (Å²) in [5, 5.41) is 0.830. The number of piperazine rings is 1. The Labute approximate surface area is 199 Å². The molecule has 0 aliphatic carbocycles. The molecule has 0 unspecified atom stereocenters. The van der Waals surface area contributed by atoms with Crippen LogP contribution in [-0.2, 0) is 10.0 Å². The van der Waals surface area contributed by atoms with Gasteiger partial charge in [-0.1, -0.05) is 42.1 Å². The van der Waals surface area contributed by atoms with Crippen LogP contribution in [0.25, 0.3) is 0 Å². The van der Waals surface area contributed by atoms with Crippen LogP contribution in [0.4, 0.5) is 5.69 Å². The fourth-order valence-corrected chi connectivity index (χ4v) is 6.48. The molecule has 0 atom stereocenters. The maximum absolute atomic E-state index is 13.2. The van der Waals surface area contributed by atoms with Gasteiger partial charge in [0, 0.05) is 55.5 Å². The number of amides is 1. The van der Waals surface area contributed by atoms with Gasteiger partial charge in [0.1, 0.15) is 4.90 Å². The van der Waals surface area contributed by atoms with Gasteiger partial charge in [0.05, 0.1) is 5.02 Å². The van der Waals surface area contributed by atoms with E-state index in [9.17, 15) is 13.2 Å². The number of hydrogen-bond donors (Lipinski definition) is 0. The summed E-state index contributed by atoms with van der Waals surface area (Å²) in [7, 11) is -3.74. The number of nitrogens with zero attached hydrogens (tertiary/aromatic N) is 3. The number of halogens is 2. The normalized spacial score (nSPS) is 18.4. The quantitative estimate of drug-likeness (QED) is 0.625. The Kier molecular flexibility index (Phi) is 7.30. The molecule has 4 rings (SSSR count). The summed E-state index contributed by atoms with van der Waals surface area (Å²) in [5.74, 6) is -0.181. The monoisotopic (exact) mass is 495 g/mol. The minimum atomic E-state index is -3.74. The van der Waals surface area contributed by atoms with Crippen LogP contribution in [0.3, 0.4) is 0 Å². The molecule has 9 heteroatoms. The van der Waals surface area contributed by atoms with E-state index in [1.807, 2.05) is 24.3 Å². The first-order valence-corrected chi connectivity index (χ1v) is 13.2. The van der Waals surface area contributed by atoms with Gasteiger partial charge < -0.3 is 9.80 Å². The summed E-state index contributed by atoms with van der Waals surface area (Å²) in [6, 6.07) is 12.2. The summed E-state index contributed by atoms with van der Waals surface area (Å²) in [6.07, 6.45) is 3.73. The molecule has 0 saturated carbocycles. The van der Waals surface area contributed by atoms with Crippen molar-refractivity contribution >= 4 is 44.8 Å². The Morgan fingerprint density at radius 3 is 2.16 bits per heavy atom. The maximum Gasteiger partial charge on any atom is 0.254 e. The number of sulfonamides is 1. The largest absolute Gasteiger partial charge is 0.368 e. The van der Waals surface area contributed by atoms with Crippen molar-refractivity contribution in [3.63, 3.8) is 0 Å². The minimum Gasteiger partial charge on any atom is -0.368 e. The van der Waals surface area contributed by atoms with E-state index in [1.54, 1.807) is 11.0 Å². The number of benzene rings is 2. The molecule has 0 N–H and O–H groups in total.